The van der Waals surface area contributed by atoms with Gasteiger partial charge in [0.1, 0.15) is 0 Å². The molecule has 1 aliphatic heterocycles. The molecule has 1 saturated heterocycles. The summed E-state index contributed by atoms with van der Waals surface area (Å²) in [6, 6.07) is -0.609. The fourth-order valence-electron chi connectivity index (χ4n) is 1.21. The second kappa shape index (κ2) is 3.24. The van der Waals surface area contributed by atoms with Crippen LogP contribution >= 0.6 is 0 Å². The van der Waals surface area contributed by atoms with Crippen molar-refractivity contribution in [2.24, 2.45) is 0 Å². The van der Waals surface area contributed by atoms with Crippen LogP contribution in [0.3, 0.4) is 0 Å². The molecule has 0 aromatic carbocycles. The highest BCUT2D eigenvalue weighted by Gasteiger charge is 2.44. The summed E-state index contributed by atoms with van der Waals surface area (Å²) in [6.45, 7) is 0. The van der Waals surface area contributed by atoms with Gasteiger partial charge in [0.15, 0.2) is 0 Å². The van der Waals surface area contributed by atoms with Crippen molar-refractivity contribution in [3.05, 3.63) is 0 Å². The summed E-state index contributed by atoms with van der Waals surface area (Å²) in [5.74, 6) is -0.610. The van der Waals surface area contributed by atoms with E-state index >= 15 is 0 Å². The first-order valence-corrected chi connectivity index (χ1v) is 5.15. The minimum absolute atomic E-state index is 0.0164. The zero-order valence-electron chi connectivity index (χ0n) is 7.30. The van der Waals surface area contributed by atoms with E-state index in [4.69, 9.17) is 4.55 Å². The highest BCUT2D eigenvalue weighted by Crippen LogP contribution is 2.22. The van der Waals surface area contributed by atoms with Crippen LogP contribution in [-0.2, 0) is 19.6 Å². The normalized spacial score (nSPS) is 29.4. The summed E-state index contributed by atoms with van der Waals surface area (Å²) >= 11 is 0. The van der Waals surface area contributed by atoms with Crippen molar-refractivity contribution in [1.82, 2.24) is 4.90 Å². The van der Waals surface area contributed by atoms with Crippen molar-refractivity contribution >= 4 is 16.1 Å². The molecule has 1 N–H and O–H groups in total. The molecule has 1 heterocycles. The topological polar surface area (TPSA) is 83.9 Å². The van der Waals surface area contributed by atoms with Crippen LogP contribution in [0.5, 0.6) is 0 Å². The minimum Gasteiger partial charge on any atom is -0.442 e. The lowest BCUT2D eigenvalue weighted by atomic mass is 10.2. The lowest BCUT2D eigenvalue weighted by Crippen LogP contribution is -2.40. The highest BCUT2D eigenvalue weighted by atomic mass is 32.2. The highest BCUT2D eigenvalue weighted by molar-refractivity contribution is 7.86. The number of carbonyl (C=O) groups is 1. The molecule has 0 aliphatic carbocycles. The zero-order valence-corrected chi connectivity index (χ0v) is 8.11. The van der Waals surface area contributed by atoms with E-state index in [1.54, 1.807) is 14.1 Å². The largest absolute Gasteiger partial charge is 0.442 e. The van der Waals surface area contributed by atoms with E-state index in [0.29, 0.717) is 0 Å². The molecule has 76 valence electrons. The monoisotopic (exact) mass is 209 g/mol. The van der Waals surface area contributed by atoms with Gasteiger partial charge in [-0.1, -0.05) is 0 Å². The van der Waals surface area contributed by atoms with Crippen LogP contribution in [0.2, 0.25) is 0 Å². The maximum Gasteiger partial charge on any atom is 0.309 e. The molecule has 0 spiro atoms. The van der Waals surface area contributed by atoms with Crippen LogP contribution in [0.15, 0.2) is 0 Å². The van der Waals surface area contributed by atoms with Crippen LogP contribution in [0, 0.1) is 0 Å². The van der Waals surface area contributed by atoms with Gasteiger partial charge in [-0.3, -0.25) is 9.35 Å². The number of rotatable bonds is 2. The molecule has 13 heavy (non-hydrogen) atoms. The zero-order chi connectivity index (χ0) is 10.2. The maximum absolute atomic E-state index is 10.8. The summed E-state index contributed by atoms with van der Waals surface area (Å²) in [5, 5.41) is 0. The average molecular weight is 209 g/mol. The molecule has 0 saturated carbocycles. The van der Waals surface area contributed by atoms with Gasteiger partial charge in [0.2, 0.25) is 5.44 Å². The van der Waals surface area contributed by atoms with E-state index in [-0.39, 0.29) is 6.42 Å². The molecular weight excluding hydrogens is 198 g/mol. The summed E-state index contributed by atoms with van der Waals surface area (Å²) in [5.41, 5.74) is -1.45. The fraction of sp³-hybridized carbons (Fsp3) is 0.833. The Labute approximate surface area is 76.2 Å². The molecule has 1 fully saturated rings. The number of esters is 1. The van der Waals surface area contributed by atoms with E-state index in [0.717, 1.165) is 0 Å². The van der Waals surface area contributed by atoms with Crippen LogP contribution in [0.4, 0.5) is 0 Å². The Morgan fingerprint density at radius 1 is 1.54 bits per heavy atom. The van der Waals surface area contributed by atoms with Gasteiger partial charge < -0.3 is 9.64 Å². The number of hydrogen-bond donors (Lipinski definition) is 1. The molecule has 2 atom stereocenters. The van der Waals surface area contributed by atoms with Gasteiger partial charge in [0.05, 0.1) is 12.5 Å². The van der Waals surface area contributed by atoms with Crippen LogP contribution in [0.25, 0.3) is 0 Å². The molecule has 1 rings (SSSR count). The van der Waals surface area contributed by atoms with E-state index in [2.05, 4.69) is 4.74 Å². The van der Waals surface area contributed by atoms with E-state index in [1.807, 2.05) is 0 Å². The lowest BCUT2D eigenvalue weighted by molar-refractivity contribution is -0.139. The Balaban J connectivity index is 2.91. The molecule has 2 unspecified atom stereocenters. The second-order valence-electron chi connectivity index (χ2n) is 3.11. The van der Waals surface area contributed by atoms with Crippen molar-refractivity contribution in [3.8, 4) is 0 Å². The molecule has 0 aromatic heterocycles. The third-order valence-electron chi connectivity index (χ3n) is 1.89. The summed E-state index contributed by atoms with van der Waals surface area (Å²) in [4.78, 5) is 12.3. The number of nitrogens with zero attached hydrogens (tertiary/aromatic N) is 1. The van der Waals surface area contributed by atoms with E-state index < -0.39 is 27.6 Å². The van der Waals surface area contributed by atoms with E-state index in [1.165, 1.54) is 4.90 Å². The first kappa shape index (κ1) is 10.4. The van der Waals surface area contributed by atoms with Gasteiger partial charge in [-0.25, -0.2) is 0 Å². The summed E-state index contributed by atoms with van der Waals surface area (Å²) < 4.78 is 34.7. The Bertz CT molecular complexity index is 309. The number of hydrogen-bond acceptors (Lipinski definition) is 5. The SMILES string of the molecule is CN(C)C1CC(=O)OC1S(=O)(=O)O. The first-order valence-electron chi connectivity index (χ1n) is 3.64. The number of cyclic esters (lactones) is 1. The van der Waals surface area contributed by atoms with Crippen LogP contribution in [-0.4, -0.2) is 49.4 Å². The Kier molecular flexibility index (Phi) is 2.60. The number of likely N-dealkylation sites (N-methyl/N-ethyl adjacent to an activating group) is 1. The molecule has 1 aliphatic rings. The molecule has 6 nitrogen and oxygen atoms in total. The number of ether oxygens (including phenoxy) is 1. The summed E-state index contributed by atoms with van der Waals surface area (Å²) in [6.07, 6.45) is -0.0164. The minimum atomic E-state index is -4.31. The molecule has 7 heteroatoms. The first-order chi connectivity index (χ1) is 5.82. The Morgan fingerprint density at radius 3 is 2.38 bits per heavy atom. The number of carbonyl (C=O) groups excluding carboxylic acids is 1. The van der Waals surface area contributed by atoms with Crippen molar-refractivity contribution in [2.45, 2.75) is 17.9 Å². The average Bonchev–Trinajstić information content (AvgIpc) is 2.29. The van der Waals surface area contributed by atoms with Gasteiger partial charge in [-0.05, 0) is 14.1 Å². The van der Waals surface area contributed by atoms with Crippen molar-refractivity contribution < 1.29 is 22.5 Å². The molecule has 0 amide bonds. The van der Waals surface area contributed by atoms with Crippen molar-refractivity contribution in [1.29, 1.82) is 0 Å². The second-order valence-corrected chi connectivity index (χ2v) is 4.60. The molecule has 0 aromatic rings. The van der Waals surface area contributed by atoms with Crippen molar-refractivity contribution in [2.75, 3.05) is 14.1 Å². The van der Waals surface area contributed by atoms with Gasteiger partial charge in [-0.15, -0.1) is 0 Å². The molecular formula is C6H11NO5S. The Hall–Kier alpha value is -0.660. The predicted octanol–water partition coefficient (Wildman–Crippen LogP) is -0.923. The van der Waals surface area contributed by atoms with Crippen LogP contribution < -0.4 is 0 Å². The summed E-state index contributed by atoms with van der Waals surface area (Å²) in [7, 11) is -1.08. The Morgan fingerprint density at radius 2 is 2.08 bits per heavy atom. The quantitative estimate of drug-likeness (QED) is 0.467. The standard InChI is InChI=1S/C6H11NO5S/c1-7(2)4-3-5(8)12-6(4)13(9,10)11/h4,6H,3H2,1-2H3,(H,9,10,11). The van der Waals surface area contributed by atoms with E-state index in [9.17, 15) is 13.2 Å². The smallest absolute Gasteiger partial charge is 0.309 e. The van der Waals surface area contributed by atoms with Crippen molar-refractivity contribution in [3.63, 3.8) is 0 Å². The maximum atomic E-state index is 10.8. The third-order valence-corrected chi connectivity index (χ3v) is 2.89. The van der Waals surface area contributed by atoms with Gasteiger partial charge in [0.25, 0.3) is 0 Å². The fourth-order valence-corrected chi connectivity index (χ4v) is 2.17. The van der Waals surface area contributed by atoms with Gasteiger partial charge in [-0.2, -0.15) is 8.42 Å². The molecule has 0 bridgehead atoms. The third kappa shape index (κ3) is 2.17. The predicted molar refractivity (Wildman–Crippen MR) is 43.5 cm³/mol. The van der Waals surface area contributed by atoms with Gasteiger partial charge in [0, 0.05) is 0 Å². The van der Waals surface area contributed by atoms with Crippen LogP contribution in [0.1, 0.15) is 6.42 Å². The molecule has 0 radical (unpaired) electrons. The lowest BCUT2D eigenvalue weighted by Gasteiger charge is -2.20. The van der Waals surface area contributed by atoms with Gasteiger partial charge >= 0.3 is 16.1 Å².